The second kappa shape index (κ2) is 35.7. The highest BCUT2D eigenvalue weighted by Crippen LogP contribution is 2.41. The fourth-order valence-electron chi connectivity index (χ4n) is 9.85. The molecule has 0 saturated heterocycles. The van der Waals surface area contributed by atoms with Gasteiger partial charge in [-0.2, -0.15) is 15.8 Å². The van der Waals surface area contributed by atoms with Gasteiger partial charge in [0.05, 0.1) is 155 Å². The summed E-state index contributed by atoms with van der Waals surface area (Å²) < 4.78 is 40.8. The van der Waals surface area contributed by atoms with Crippen molar-refractivity contribution >= 4 is 155 Å². The normalized spacial score (nSPS) is 10.9. The number of benzene rings is 4. The lowest BCUT2D eigenvalue weighted by Gasteiger charge is -2.14. The van der Waals surface area contributed by atoms with Crippen LogP contribution in [0.3, 0.4) is 0 Å². The third kappa shape index (κ3) is 21.5. The number of carbonyl (C=O) groups is 1. The van der Waals surface area contributed by atoms with Gasteiger partial charge in [-0.3, -0.25) is 4.79 Å². The SMILES string of the molecule is CC(=O)Nc1nc(C)c(-c2csc(Nc3cc(C#N)ccc3OC(C)C)n2)s1.CCCc1ccc(S(N)(=O)=O)cc1Nc1nc(-c2sc(C)nc2C)cs1.Cc1nc(C)c(-c2csc(Nc3cc(C#N)ccc3OC(C)C)n2)s1.Cc1nc(C)c(-c2csc(Nc3cc(C#N)ccc3OC(C)C)n2)s1. The van der Waals surface area contributed by atoms with Gasteiger partial charge in [0.15, 0.2) is 25.7 Å². The van der Waals surface area contributed by atoms with Gasteiger partial charge < -0.3 is 40.8 Å². The molecule has 23 nitrogen and oxygen atoms in total. The predicted molar refractivity (Wildman–Crippen MR) is 426 cm³/mol. The van der Waals surface area contributed by atoms with Crippen LogP contribution in [0.5, 0.6) is 17.2 Å². The number of sulfonamides is 1. The van der Waals surface area contributed by atoms with Crippen LogP contribution < -0.4 is 45.9 Å². The Morgan fingerprint density at radius 1 is 0.462 bits per heavy atom. The smallest absolute Gasteiger partial charge is 0.238 e. The second-order valence-corrected chi connectivity index (χ2v) is 33.4. The van der Waals surface area contributed by atoms with Gasteiger partial charge in [-0.15, -0.1) is 79.4 Å². The van der Waals surface area contributed by atoms with E-state index in [2.05, 4.69) is 91.6 Å². The van der Waals surface area contributed by atoms with Crippen LogP contribution >= 0.6 is 90.7 Å². The summed E-state index contributed by atoms with van der Waals surface area (Å²) in [5.74, 6) is 1.91. The summed E-state index contributed by atoms with van der Waals surface area (Å²) in [6, 6.07) is 27.3. The molecule has 12 rings (SSSR count). The number of carbonyl (C=O) groups excluding carboxylic acids is 1. The zero-order chi connectivity index (χ0) is 75.1. The number of ether oxygens (including phenoxy) is 3. The Balaban J connectivity index is 0.000000161. The number of rotatable bonds is 22. The molecule has 0 bridgehead atoms. The molecule has 4 aromatic carbocycles. The average molecular weight is 1560 g/mol. The quantitative estimate of drug-likeness (QED) is 0.0367. The van der Waals surface area contributed by atoms with E-state index in [-0.39, 0.29) is 29.1 Å². The maximum absolute atomic E-state index is 11.7. The summed E-state index contributed by atoms with van der Waals surface area (Å²) in [5.41, 5.74) is 12.8. The van der Waals surface area contributed by atoms with Crippen molar-refractivity contribution in [1.29, 1.82) is 15.8 Å². The minimum absolute atomic E-state index is 0.00683. The highest BCUT2D eigenvalue weighted by atomic mass is 32.2. The molecule has 0 aliphatic carbocycles. The van der Waals surface area contributed by atoms with E-state index in [1.807, 2.05) is 124 Å². The van der Waals surface area contributed by atoms with Crippen LogP contribution in [0, 0.1) is 82.5 Å². The Hall–Kier alpha value is -9.63. The third-order valence-electron chi connectivity index (χ3n) is 14.0. The number of thiazole rings is 8. The van der Waals surface area contributed by atoms with E-state index < -0.39 is 10.0 Å². The fourth-order valence-corrected chi connectivity index (χ4v) is 17.2. The molecule has 0 radical (unpaired) electrons. The number of anilines is 9. The molecule has 538 valence electrons. The van der Waals surface area contributed by atoms with Crippen LogP contribution in [0.4, 0.5) is 48.4 Å². The summed E-state index contributed by atoms with van der Waals surface area (Å²) in [7, 11) is -3.75. The molecule has 104 heavy (non-hydrogen) atoms. The maximum Gasteiger partial charge on any atom is 0.238 e. The lowest BCUT2D eigenvalue weighted by molar-refractivity contribution is -0.114. The van der Waals surface area contributed by atoms with E-state index in [1.165, 1.54) is 63.6 Å². The van der Waals surface area contributed by atoms with E-state index in [0.29, 0.717) is 55.0 Å². The summed E-state index contributed by atoms with van der Waals surface area (Å²) in [6.45, 7) is 29.1. The first-order valence-corrected chi connectivity index (χ1v) is 40.7. The van der Waals surface area contributed by atoms with E-state index >= 15 is 0 Å². The molecule has 0 saturated carbocycles. The van der Waals surface area contributed by atoms with Crippen molar-refractivity contribution in [3.05, 3.63) is 154 Å². The molecular formula is C72H75N17O6S9. The van der Waals surface area contributed by atoms with E-state index in [4.69, 9.17) is 29.9 Å². The molecule has 8 heterocycles. The number of hydrogen-bond donors (Lipinski definition) is 6. The number of nitriles is 3. The number of amides is 1. The molecular weight excluding hydrogens is 1490 g/mol. The Morgan fingerprint density at radius 2 is 0.788 bits per heavy atom. The lowest BCUT2D eigenvalue weighted by atomic mass is 10.1. The Kier molecular flexibility index (Phi) is 27.0. The van der Waals surface area contributed by atoms with Gasteiger partial charge in [0.1, 0.15) is 17.2 Å². The standard InChI is InChI=1S/C19H19N5O2S2.2C18H18N4OS2.C17H20N4O2S3/c1-10(2)26-16-6-5-13(8-20)7-14(16)23-18-24-15(9-27-18)17-11(3)21-19(28-17)22-12(4)25;2*1-10(2)23-16-6-5-13(8-19)7-14(16)21-18-22-15(9-24-18)17-11(3)20-12(4)25-17;1-4-5-12-6-7-13(26(18,22)23)8-14(12)20-17-21-15(9-24-17)16-10(2)19-11(3)25-16/h5-7,9-10H,1-4H3,(H,23,24)(H,21,22,25);2*5-7,9-10H,1-4H3,(H,21,22);6-9H,4-5H2,1-3H3,(H,20,21)(H2,18,22,23). The number of aromatic nitrogens is 8. The molecule has 7 N–H and O–H groups in total. The molecule has 0 aliphatic heterocycles. The molecule has 0 fully saturated rings. The number of nitrogens with one attached hydrogen (secondary N) is 5. The third-order valence-corrected chi connectivity index (χ3v) is 22.4. The Labute approximate surface area is 636 Å². The number of nitrogens with zero attached hydrogens (tertiary/aromatic N) is 11. The van der Waals surface area contributed by atoms with Crippen molar-refractivity contribution in [3.63, 3.8) is 0 Å². The minimum atomic E-state index is -3.75. The van der Waals surface area contributed by atoms with E-state index in [1.54, 1.807) is 94.7 Å². The summed E-state index contributed by atoms with van der Waals surface area (Å²) in [5, 5.41) is 63.0. The van der Waals surface area contributed by atoms with Crippen LogP contribution in [0.1, 0.15) is 122 Å². The number of nitrogens with two attached hydrogens (primary N) is 1. The molecule has 0 unspecified atom stereocenters. The van der Waals surface area contributed by atoms with Crippen molar-refractivity contribution < 1.29 is 27.4 Å². The highest BCUT2D eigenvalue weighted by Gasteiger charge is 2.21. The first kappa shape index (κ1) is 78.5. The molecule has 0 aliphatic rings. The van der Waals surface area contributed by atoms with Crippen LogP contribution in [0.25, 0.3) is 42.3 Å². The first-order valence-electron chi connectivity index (χ1n) is 32.3. The molecule has 32 heteroatoms. The number of primary sulfonamides is 1. The van der Waals surface area contributed by atoms with E-state index in [9.17, 15) is 18.5 Å². The molecule has 0 atom stereocenters. The van der Waals surface area contributed by atoms with Gasteiger partial charge in [-0.25, -0.2) is 53.4 Å². The molecule has 1 amide bonds. The Morgan fingerprint density at radius 3 is 1.08 bits per heavy atom. The predicted octanol–water partition coefficient (Wildman–Crippen LogP) is 19.7. The van der Waals surface area contributed by atoms with Crippen molar-refractivity contribution in [2.45, 2.75) is 140 Å². The van der Waals surface area contributed by atoms with Crippen LogP contribution in [-0.2, 0) is 21.2 Å². The Bertz CT molecular complexity index is 5100. The average Bonchev–Trinajstić information content (AvgIpc) is 1.10. The maximum atomic E-state index is 11.7. The zero-order valence-corrected chi connectivity index (χ0v) is 66.9. The summed E-state index contributed by atoms with van der Waals surface area (Å²) >= 11 is 12.2. The monoisotopic (exact) mass is 1560 g/mol. The second-order valence-electron chi connectivity index (χ2n) is 23.8. The summed E-state index contributed by atoms with van der Waals surface area (Å²) in [6.07, 6.45) is 1.88. The highest BCUT2D eigenvalue weighted by molar-refractivity contribution is 7.89. The molecule has 8 aromatic heterocycles. The minimum Gasteiger partial charge on any atom is -0.489 e. The van der Waals surface area contributed by atoms with E-state index in [0.717, 1.165) is 126 Å². The number of aryl methyl sites for hydroxylation is 8. The van der Waals surface area contributed by atoms with Gasteiger partial charge in [0, 0.05) is 34.1 Å². The van der Waals surface area contributed by atoms with Crippen molar-refractivity contribution in [2.24, 2.45) is 5.14 Å². The topological polar surface area (TPSA) is 340 Å². The van der Waals surface area contributed by atoms with Crippen molar-refractivity contribution in [3.8, 4) is 77.7 Å². The largest absolute Gasteiger partial charge is 0.489 e. The summed E-state index contributed by atoms with van der Waals surface area (Å²) in [4.78, 5) is 51.8. The van der Waals surface area contributed by atoms with Crippen molar-refractivity contribution in [2.75, 3.05) is 26.6 Å². The van der Waals surface area contributed by atoms with Gasteiger partial charge in [0.2, 0.25) is 15.9 Å². The van der Waals surface area contributed by atoms with Gasteiger partial charge >= 0.3 is 0 Å². The number of hydrogen-bond acceptors (Lipinski definition) is 29. The molecule has 0 spiro atoms. The van der Waals surface area contributed by atoms with Gasteiger partial charge in [-0.1, -0.05) is 30.7 Å². The molecule has 12 aromatic rings. The van der Waals surface area contributed by atoms with Gasteiger partial charge in [0.25, 0.3) is 0 Å². The van der Waals surface area contributed by atoms with Crippen LogP contribution in [0.15, 0.2) is 99.2 Å². The van der Waals surface area contributed by atoms with Gasteiger partial charge in [-0.05, 0) is 169 Å². The zero-order valence-electron chi connectivity index (χ0n) is 59.5. The lowest BCUT2D eigenvalue weighted by Crippen LogP contribution is -2.12. The van der Waals surface area contributed by atoms with Crippen LogP contribution in [0.2, 0.25) is 0 Å². The van der Waals surface area contributed by atoms with Crippen LogP contribution in [-0.4, -0.2) is 72.5 Å². The van der Waals surface area contributed by atoms with Crippen molar-refractivity contribution in [1.82, 2.24) is 39.9 Å². The first-order chi connectivity index (χ1) is 49.5. The fraction of sp³-hybridized carbons (Fsp3) is 0.278.